The van der Waals surface area contributed by atoms with Crippen molar-refractivity contribution in [3.63, 3.8) is 0 Å². The molecule has 0 aliphatic rings. The molecule has 1 unspecified atom stereocenters. The summed E-state index contributed by atoms with van der Waals surface area (Å²) in [5.41, 5.74) is 0.743. The predicted molar refractivity (Wildman–Crippen MR) is 57.6 cm³/mol. The van der Waals surface area contributed by atoms with Crippen LogP contribution in [0.5, 0.6) is 0 Å². The molecule has 0 saturated heterocycles. The van der Waals surface area contributed by atoms with Crippen molar-refractivity contribution in [2.24, 2.45) is 0 Å². The van der Waals surface area contributed by atoms with E-state index < -0.39 is 17.7 Å². The fourth-order valence-electron chi connectivity index (χ4n) is 1.51. The maximum Gasteiger partial charge on any atom is 0.131 e. The molecule has 0 aliphatic carbocycles. The molecule has 0 aromatic heterocycles. The highest BCUT2D eigenvalue weighted by Crippen LogP contribution is 2.25. The van der Waals surface area contributed by atoms with Gasteiger partial charge in [0.1, 0.15) is 11.6 Å². The summed E-state index contributed by atoms with van der Waals surface area (Å²) in [6, 6.07) is 3.41. The molecule has 1 atom stereocenters. The zero-order valence-electron chi connectivity index (χ0n) is 8.98. The number of nitrogens with one attached hydrogen (secondary N) is 1. The molecule has 0 radical (unpaired) electrons. The van der Waals surface area contributed by atoms with E-state index in [0.717, 1.165) is 0 Å². The van der Waals surface area contributed by atoms with Crippen molar-refractivity contribution in [3.8, 4) is 0 Å². The molecular formula is C12H15F2N. The second-order valence-corrected chi connectivity index (χ2v) is 3.47. The van der Waals surface area contributed by atoms with E-state index in [1.165, 1.54) is 18.2 Å². The Morgan fingerprint density at radius 2 is 1.93 bits per heavy atom. The van der Waals surface area contributed by atoms with Crippen LogP contribution in [0, 0.1) is 11.6 Å². The number of hydrogen-bond donors (Lipinski definition) is 1. The Bertz CT molecular complexity index is 340. The second-order valence-electron chi connectivity index (χ2n) is 3.47. The third kappa shape index (κ3) is 2.63. The highest BCUT2D eigenvalue weighted by atomic mass is 19.1. The number of rotatable bonds is 4. The quantitative estimate of drug-likeness (QED) is 0.754. The predicted octanol–water partition coefficient (Wildman–Crippen LogP) is 3.19. The monoisotopic (exact) mass is 211 g/mol. The van der Waals surface area contributed by atoms with Crippen molar-refractivity contribution in [1.29, 1.82) is 0 Å². The van der Waals surface area contributed by atoms with E-state index in [1.54, 1.807) is 6.92 Å². The lowest BCUT2D eigenvalue weighted by molar-refractivity contribution is 0.507. The minimum absolute atomic E-state index is 0.0480. The average Bonchev–Trinajstić information content (AvgIpc) is 2.15. The van der Waals surface area contributed by atoms with Gasteiger partial charge in [-0.25, -0.2) is 8.78 Å². The van der Waals surface area contributed by atoms with Crippen molar-refractivity contribution in [3.05, 3.63) is 47.5 Å². The number of halogens is 2. The summed E-state index contributed by atoms with van der Waals surface area (Å²) in [4.78, 5) is 0. The van der Waals surface area contributed by atoms with Gasteiger partial charge >= 0.3 is 0 Å². The molecular weight excluding hydrogens is 196 g/mol. The van der Waals surface area contributed by atoms with Crippen LogP contribution in [0.4, 0.5) is 8.78 Å². The number of likely N-dealkylation sites (N-methyl/N-ethyl adjacent to an activating group) is 1. The van der Waals surface area contributed by atoms with Crippen LogP contribution in [0.25, 0.3) is 0 Å². The molecule has 1 N–H and O–H groups in total. The molecule has 82 valence electrons. The van der Waals surface area contributed by atoms with Gasteiger partial charge in [-0.3, -0.25) is 0 Å². The van der Waals surface area contributed by atoms with Gasteiger partial charge in [0, 0.05) is 5.56 Å². The third-order valence-electron chi connectivity index (χ3n) is 2.19. The minimum Gasteiger partial charge on any atom is -0.307 e. The van der Waals surface area contributed by atoms with Gasteiger partial charge in [0.05, 0.1) is 6.04 Å². The Hall–Kier alpha value is -1.22. The highest BCUT2D eigenvalue weighted by Gasteiger charge is 2.19. The Kier molecular flexibility index (Phi) is 3.97. The molecule has 15 heavy (non-hydrogen) atoms. The number of hydrogen-bond acceptors (Lipinski definition) is 1. The lowest BCUT2D eigenvalue weighted by Gasteiger charge is -2.19. The summed E-state index contributed by atoms with van der Waals surface area (Å²) in [5.74, 6) is -1.08. The average molecular weight is 211 g/mol. The van der Waals surface area contributed by atoms with Gasteiger partial charge in [0.15, 0.2) is 0 Å². The van der Waals surface area contributed by atoms with E-state index in [2.05, 4.69) is 11.9 Å². The van der Waals surface area contributed by atoms with Crippen molar-refractivity contribution >= 4 is 0 Å². The summed E-state index contributed by atoms with van der Waals surface area (Å²) >= 11 is 0. The van der Waals surface area contributed by atoms with Gasteiger partial charge in [-0.05, 0) is 25.6 Å². The highest BCUT2D eigenvalue weighted by molar-refractivity contribution is 5.29. The molecule has 1 rings (SSSR count). The van der Waals surface area contributed by atoms with Crippen LogP contribution in [0.3, 0.4) is 0 Å². The molecule has 1 nitrogen and oxygen atoms in total. The van der Waals surface area contributed by atoms with Crippen molar-refractivity contribution in [2.75, 3.05) is 6.54 Å². The van der Waals surface area contributed by atoms with Crippen LogP contribution in [0.15, 0.2) is 30.4 Å². The standard InChI is InChI=1S/C12H15F2N/c1-4-15-12(8(2)3)11-9(13)6-5-7-10(11)14/h5-7,12,15H,2,4H2,1,3H3. The zero-order chi connectivity index (χ0) is 11.4. The number of benzene rings is 1. The van der Waals surface area contributed by atoms with Gasteiger partial charge in [0.2, 0.25) is 0 Å². The molecule has 0 saturated carbocycles. The van der Waals surface area contributed by atoms with Crippen molar-refractivity contribution in [1.82, 2.24) is 5.32 Å². The summed E-state index contributed by atoms with van der Waals surface area (Å²) in [6.45, 7) is 8.00. The van der Waals surface area contributed by atoms with Gasteiger partial charge in [-0.15, -0.1) is 0 Å². The Balaban J connectivity index is 3.15. The Morgan fingerprint density at radius 3 is 2.33 bits per heavy atom. The van der Waals surface area contributed by atoms with Crippen molar-refractivity contribution in [2.45, 2.75) is 19.9 Å². The first-order valence-corrected chi connectivity index (χ1v) is 4.90. The summed E-state index contributed by atoms with van der Waals surface area (Å²) < 4.78 is 26.9. The summed E-state index contributed by atoms with van der Waals surface area (Å²) in [7, 11) is 0. The molecule has 0 aliphatic heterocycles. The molecule has 0 heterocycles. The largest absolute Gasteiger partial charge is 0.307 e. The fourth-order valence-corrected chi connectivity index (χ4v) is 1.51. The van der Waals surface area contributed by atoms with Crippen LogP contribution in [0.2, 0.25) is 0 Å². The van der Waals surface area contributed by atoms with E-state index in [4.69, 9.17) is 0 Å². The molecule has 0 bridgehead atoms. The summed E-state index contributed by atoms with van der Waals surface area (Å²) in [5, 5.41) is 3.00. The Morgan fingerprint density at radius 1 is 1.40 bits per heavy atom. The van der Waals surface area contributed by atoms with Crippen LogP contribution < -0.4 is 5.32 Å². The maximum atomic E-state index is 13.5. The molecule has 0 fully saturated rings. The van der Waals surface area contributed by atoms with Gasteiger partial charge < -0.3 is 5.32 Å². The van der Waals surface area contributed by atoms with Crippen LogP contribution in [-0.4, -0.2) is 6.54 Å². The van der Waals surface area contributed by atoms with Crippen LogP contribution >= 0.6 is 0 Å². The topological polar surface area (TPSA) is 12.0 Å². The first-order valence-electron chi connectivity index (χ1n) is 4.90. The smallest absolute Gasteiger partial charge is 0.131 e. The lowest BCUT2D eigenvalue weighted by atomic mass is 10.00. The first-order chi connectivity index (χ1) is 7.07. The SMILES string of the molecule is C=C(C)C(NCC)c1c(F)cccc1F. The Labute approximate surface area is 88.8 Å². The first kappa shape index (κ1) is 11.9. The van der Waals surface area contributed by atoms with Gasteiger partial charge in [-0.2, -0.15) is 0 Å². The van der Waals surface area contributed by atoms with E-state index in [0.29, 0.717) is 12.1 Å². The third-order valence-corrected chi connectivity index (χ3v) is 2.19. The molecule has 3 heteroatoms. The van der Waals surface area contributed by atoms with Crippen LogP contribution in [0.1, 0.15) is 25.5 Å². The molecule has 0 spiro atoms. The van der Waals surface area contributed by atoms with E-state index >= 15 is 0 Å². The van der Waals surface area contributed by atoms with E-state index in [-0.39, 0.29) is 5.56 Å². The minimum atomic E-state index is -0.538. The van der Waals surface area contributed by atoms with Crippen LogP contribution in [-0.2, 0) is 0 Å². The normalized spacial score (nSPS) is 12.5. The lowest BCUT2D eigenvalue weighted by Crippen LogP contribution is -2.23. The second kappa shape index (κ2) is 5.03. The van der Waals surface area contributed by atoms with E-state index in [1.807, 2.05) is 6.92 Å². The molecule has 1 aromatic carbocycles. The molecule has 0 amide bonds. The van der Waals surface area contributed by atoms with Gasteiger partial charge in [0.25, 0.3) is 0 Å². The maximum absolute atomic E-state index is 13.5. The van der Waals surface area contributed by atoms with Gasteiger partial charge in [-0.1, -0.05) is 25.1 Å². The van der Waals surface area contributed by atoms with E-state index in [9.17, 15) is 8.78 Å². The molecule has 1 aromatic rings. The summed E-state index contributed by atoms with van der Waals surface area (Å²) in [6.07, 6.45) is 0. The van der Waals surface area contributed by atoms with Crippen molar-refractivity contribution < 1.29 is 8.78 Å². The zero-order valence-corrected chi connectivity index (χ0v) is 8.98. The fraction of sp³-hybridized carbons (Fsp3) is 0.333.